The summed E-state index contributed by atoms with van der Waals surface area (Å²) in [6.07, 6.45) is 1.09. The minimum atomic E-state index is -0.332. The van der Waals surface area contributed by atoms with Crippen molar-refractivity contribution in [2.24, 2.45) is 5.73 Å². The number of nitrogens with zero attached hydrogens (tertiary/aromatic N) is 1. The average molecular weight is 427 g/mol. The molecule has 1 aliphatic heterocycles. The Morgan fingerprint density at radius 1 is 1.16 bits per heavy atom. The maximum atomic E-state index is 12.8. The number of nitrogens with two attached hydrogens (primary N) is 1. The minimum absolute atomic E-state index is 0.0654. The molecule has 0 unspecified atom stereocenters. The van der Waals surface area contributed by atoms with Crippen LogP contribution in [0.5, 0.6) is 0 Å². The predicted molar refractivity (Wildman–Crippen MR) is 117 cm³/mol. The fourth-order valence-corrected chi connectivity index (χ4v) is 3.36. The fourth-order valence-electron chi connectivity index (χ4n) is 3.36. The first kappa shape index (κ1) is 22.9. The second kappa shape index (κ2) is 11.0. The zero-order valence-electron chi connectivity index (χ0n) is 18.0. The SMILES string of the molecule is CNC(=O)c1cc(C(=O)NCCCC2OCC(N)CO2)cc([C@@H](C)c2ccccc2)n1. The van der Waals surface area contributed by atoms with Gasteiger partial charge in [0, 0.05) is 37.2 Å². The van der Waals surface area contributed by atoms with Crippen LogP contribution in [0.3, 0.4) is 0 Å². The Hall–Kier alpha value is -2.81. The summed E-state index contributed by atoms with van der Waals surface area (Å²) in [6, 6.07) is 13.0. The fraction of sp³-hybridized carbons (Fsp3) is 0.435. The molecule has 1 aliphatic rings. The number of ether oxygens (including phenoxy) is 2. The number of benzene rings is 1. The van der Waals surface area contributed by atoms with Crippen LogP contribution in [0.1, 0.15) is 57.8 Å². The van der Waals surface area contributed by atoms with Crippen LogP contribution in [0, 0.1) is 0 Å². The molecule has 1 aromatic carbocycles. The van der Waals surface area contributed by atoms with Gasteiger partial charge in [0.15, 0.2) is 6.29 Å². The van der Waals surface area contributed by atoms with Gasteiger partial charge in [0.1, 0.15) is 5.69 Å². The number of rotatable bonds is 8. The molecule has 2 amide bonds. The predicted octanol–water partition coefficient (Wildman–Crippen LogP) is 1.80. The third-order valence-electron chi connectivity index (χ3n) is 5.20. The standard InChI is InChI=1S/C23H30N4O4/c1-15(16-7-4-3-5-8-16)19-11-17(12-20(27-19)23(29)25-2)22(28)26-10-6-9-21-30-13-18(24)14-31-21/h3-5,7-8,11-12,15,18,21H,6,9-10,13-14,24H2,1-2H3,(H,25,29)(H,26,28)/t15-,18?,21?/m0/s1. The summed E-state index contributed by atoms with van der Waals surface area (Å²) in [5, 5.41) is 5.48. The second-order valence-electron chi connectivity index (χ2n) is 7.63. The molecule has 166 valence electrons. The van der Waals surface area contributed by atoms with Gasteiger partial charge in [-0.2, -0.15) is 0 Å². The maximum absolute atomic E-state index is 12.8. The van der Waals surface area contributed by atoms with Gasteiger partial charge in [0.25, 0.3) is 11.8 Å². The number of pyridine rings is 1. The van der Waals surface area contributed by atoms with Crippen LogP contribution in [0.4, 0.5) is 0 Å². The van der Waals surface area contributed by atoms with E-state index in [-0.39, 0.29) is 35.8 Å². The Morgan fingerprint density at radius 3 is 2.55 bits per heavy atom. The first-order valence-corrected chi connectivity index (χ1v) is 10.5. The third-order valence-corrected chi connectivity index (χ3v) is 5.20. The van der Waals surface area contributed by atoms with Gasteiger partial charge in [0.05, 0.1) is 19.3 Å². The third kappa shape index (κ3) is 6.33. The summed E-state index contributed by atoms with van der Waals surface area (Å²) in [4.78, 5) is 29.5. The van der Waals surface area contributed by atoms with Gasteiger partial charge < -0.3 is 25.8 Å². The normalized spacial score (nSPS) is 19.5. The molecule has 3 rings (SSSR count). The Bertz CT molecular complexity index is 882. The molecule has 0 bridgehead atoms. The summed E-state index contributed by atoms with van der Waals surface area (Å²) in [5.41, 5.74) is 8.07. The molecule has 1 aromatic heterocycles. The molecule has 0 radical (unpaired) electrons. The lowest BCUT2D eigenvalue weighted by molar-refractivity contribution is -0.188. The highest BCUT2D eigenvalue weighted by Gasteiger charge is 2.20. The first-order valence-electron chi connectivity index (χ1n) is 10.5. The summed E-state index contributed by atoms with van der Waals surface area (Å²) >= 11 is 0. The van der Waals surface area contributed by atoms with E-state index in [1.807, 2.05) is 37.3 Å². The monoisotopic (exact) mass is 426 g/mol. The summed E-state index contributed by atoms with van der Waals surface area (Å²) in [5.74, 6) is -0.646. The molecule has 8 heteroatoms. The van der Waals surface area contributed by atoms with Crippen LogP contribution in [-0.4, -0.2) is 55.9 Å². The van der Waals surface area contributed by atoms with Gasteiger partial charge in [-0.1, -0.05) is 37.3 Å². The van der Waals surface area contributed by atoms with Crippen molar-refractivity contribution in [2.45, 2.75) is 38.0 Å². The molecule has 31 heavy (non-hydrogen) atoms. The van der Waals surface area contributed by atoms with Gasteiger partial charge in [-0.25, -0.2) is 4.98 Å². The van der Waals surface area contributed by atoms with Crippen molar-refractivity contribution in [3.05, 3.63) is 65.0 Å². The van der Waals surface area contributed by atoms with Crippen molar-refractivity contribution in [2.75, 3.05) is 26.8 Å². The van der Waals surface area contributed by atoms with Gasteiger partial charge in [-0.3, -0.25) is 9.59 Å². The molecule has 0 aliphatic carbocycles. The Morgan fingerprint density at radius 2 is 1.87 bits per heavy atom. The molecule has 1 atom stereocenters. The Kier molecular flexibility index (Phi) is 8.11. The lowest BCUT2D eigenvalue weighted by Gasteiger charge is -2.27. The largest absolute Gasteiger partial charge is 0.354 e. The summed E-state index contributed by atoms with van der Waals surface area (Å²) in [6.45, 7) is 3.44. The number of amides is 2. The lowest BCUT2D eigenvalue weighted by Crippen LogP contribution is -2.41. The number of hydrogen-bond acceptors (Lipinski definition) is 6. The summed E-state index contributed by atoms with van der Waals surface area (Å²) in [7, 11) is 1.54. The number of carbonyl (C=O) groups excluding carboxylic acids is 2. The Labute approximate surface area is 182 Å². The molecular weight excluding hydrogens is 396 g/mol. The molecule has 1 saturated heterocycles. The Balaban J connectivity index is 1.66. The van der Waals surface area contributed by atoms with Crippen molar-refractivity contribution in [3.63, 3.8) is 0 Å². The van der Waals surface area contributed by atoms with E-state index in [2.05, 4.69) is 15.6 Å². The van der Waals surface area contributed by atoms with E-state index in [4.69, 9.17) is 15.2 Å². The van der Waals surface area contributed by atoms with Crippen molar-refractivity contribution in [1.82, 2.24) is 15.6 Å². The molecule has 0 spiro atoms. The molecule has 2 heterocycles. The summed E-state index contributed by atoms with van der Waals surface area (Å²) < 4.78 is 11.0. The molecular formula is C23H30N4O4. The van der Waals surface area contributed by atoms with E-state index < -0.39 is 0 Å². The zero-order valence-corrected chi connectivity index (χ0v) is 18.0. The van der Waals surface area contributed by atoms with Crippen molar-refractivity contribution < 1.29 is 19.1 Å². The van der Waals surface area contributed by atoms with Gasteiger partial charge in [-0.15, -0.1) is 0 Å². The zero-order chi connectivity index (χ0) is 22.2. The van der Waals surface area contributed by atoms with E-state index >= 15 is 0 Å². The average Bonchev–Trinajstić information content (AvgIpc) is 2.82. The van der Waals surface area contributed by atoms with Crippen LogP contribution < -0.4 is 16.4 Å². The van der Waals surface area contributed by atoms with E-state index in [1.165, 1.54) is 6.07 Å². The molecule has 2 aromatic rings. The van der Waals surface area contributed by atoms with Gasteiger partial charge in [-0.05, 0) is 24.1 Å². The number of nitrogens with one attached hydrogen (secondary N) is 2. The minimum Gasteiger partial charge on any atom is -0.354 e. The first-order chi connectivity index (χ1) is 15.0. The molecule has 0 saturated carbocycles. The van der Waals surface area contributed by atoms with Crippen LogP contribution in [0.25, 0.3) is 0 Å². The molecule has 8 nitrogen and oxygen atoms in total. The van der Waals surface area contributed by atoms with Crippen LogP contribution >= 0.6 is 0 Å². The topological polar surface area (TPSA) is 116 Å². The lowest BCUT2D eigenvalue weighted by atomic mass is 9.96. The highest BCUT2D eigenvalue weighted by atomic mass is 16.7. The second-order valence-corrected chi connectivity index (χ2v) is 7.63. The quantitative estimate of drug-likeness (QED) is 0.555. The van der Waals surface area contributed by atoms with Crippen LogP contribution in [0.2, 0.25) is 0 Å². The van der Waals surface area contributed by atoms with Crippen molar-refractivity contribution in [1.29, 1.82) is 0 Å². The van der Waals surface area contributed by atoms with Crippen molar-refractivity contribution >= 4 is 11.8 Å². The highest BCUT2D eigenvalue weighted by molar-refractivity contribution is 5.98. The number of carbonyl (C=O) groups is 2. The maximum Gasteiger partial charge on any atom is 0.269 e. The number of aromatic nitrogens is 1. The highest BCUT2D eigenvalue weighted by Crippen LogP contribution is 2.23. The van der Waals surface area contributed by atoms with E-state index in [1.54, 1.807) is 13.1 Å². The van der Waals surface area contributed by atoms with Gasteiger partial charge in [0.2, 0.25) is 0 Å². The number of hydrogen-bond donors (Lipinski definition) is 3. The van der Waals surface area contributed by atoms with Crippen molar-refractivity contribution in [3.8, 4) is 0 Å². The van der Waals surface area contributed by atoms with Gasteiger partial charge >= 0.3 is 0 Å². The van der Waals surface area contributed by atoms with E-state index in [9.17, 15) is 9.59 Å². The van der Waals surface area contributed by atoms with Crippen LogP contribution in [0.15, 0.2) is 42.5 Å². The molecule has 1 fully saturated rings. The van der Waals surface area contributed by atoms with E-state index in [0.717, 1.165) is 5.56 Å². The smallest absolute Gasteiger partial charge is 0.269 e. The van der Waals surface area contributed by atoms with E-state index in [0.29, 0.717) is 43.9 Å². The molecule has 4 N–H and O–H groups in total. The van der Waals surface area contributed by atoms with Crippen LogP contribution in [-0.2, 0) is 9.47 Å².